The molecular weight excluding hydrogens is 297 g/mol. The Balaban J connectivity index is 1.84. The van der Waals surface area contributed by atoms with Crippen molar-refractivity contribution >= 4 is 0 Å². The molecule has 2 aromatic carbocycles. The number of halogens is 3. The highest BCUT2D eigenvalue weighted by molar-refractivity contribution is 5.36. The van der Waals surface area contributed by atoms with Crippen LogP contribution in [0.1, 0.15) is 54.4 Å². The van der Waals surface area contributed by atoms with Crippen molar-refractivity contribution in [2.75, 3.05) is 0 Å². The van der Waals surface area contributed by atoms with E-state index in [1.807, 2.05) is 12.1 Å². The van der Waals surface area contributed by atoms with Gasteiger partial charge in [-0.1, -0.05) is 31.5 Å². The van der Waals surface area contributed by atoms with Gasteiger partial charge >= 0.3 is 0 Å². The Hall–Kier alpha value is -1.77. The fourth-order valence-corrected chi connectivity index (χ4v) is 3.47. The molecule has 0 spiro atoms. The van der Waals surface area contributed by atoms with E-state index in [9.17, 15) is 13.2 Å². The van der Waals surface area contributed by atoms with Crippen LogP contribution in [-0.2, 0) is 19.3 Å². The van der Waals surface area contributed by atoms with Crippen LogP contribution in [0.2, 0.25) is 0 Å². The predicted octanol–water partition coefficient (Wildman–Crippen LogP) is 5.72. The molecule has 1 unspecified atom stereocenters. The summed E-state index contributed by atoms with van der Waals surface area (Å²) in [4.78, 5) is 0. The first-order chi connectivity index (χ1) is 11.1. The van der Waals surface area contributed by atoms with Crippen molar-refractivity contribution in [1.82, 2.24) is 0 Å². The summed E-state index contributed by atoms with van der Waals surface area (Å²) in [5.41, 5.74) is 2.89. The van der Waals surface area contributed by atoms with Crippen LogP contribution in [0.15, 0.2) is 30.3 Å². The molecule has 0 amide bonds. The first-order valence-electron chi connectivity index (χ1n) is 8.34. The quantitative estimate of drug-likeness (QED) is 0.676. The van der Waals surface area contributed by atoms with Crippen molar-refractivity contribution in [3.05, 3.63) is 70.0 Å². The number of hydrogen-bond acceptors (Lipinski definition) is 0. The fraction of sp³-hybridized carbons (Fsp3) is 0.400. The second-order valence-corrected chi connectivity index (χ2v) is 6.40. The molecule has 0 bridgehead atoms. The molecule has 2 aromatic rings. The van der Waals surface area contributed by atoms with Gasteiger partial charge < -0.3 is 0 Å². The van der Waals surface area contributed by atoms with E-state index in [2.05, 4.69) is 6.92 Å². The van der Waals surface area contributed by atoms with E-state index in [1.54, 1.807) is 12.1 Å². The van der Waals surface area contributed by atoms with Gasteiger partial charge in [-0.3, -0.25) is 0 Å². The normalized spacial score (nSPS) is 17.1. The average Bonchev–Trinajstić information content (AvgIpc) is 2.56. The van der Waals surface area contributed by atoms with Crippen LogP contribution >= 0.6 is 0 Å². The lowest BCUT2D eigenvalue weighted by Gasteiger charge is -2.26. The van der Waals surface area contributed by atoms with E-state index in [-0.39, 0.29) is 11.7 Å². The summed E-state index contributed by atoms with van der Waals surface area (Å²) in [7, 11) is 0. The largest absolute Gasteiger partial charge is 0.207 e. The Morgan fingerprint density at radius 2 is 1.87 bits per heavy atom. The highest BCUT2D eigenvalue weighted by atomic mass is 19.2. The summed E-state index contributed by atoms with van der Waals surface area (Å²) in [5, 5.41) is 0. The molecule has 0 saturated carbocycles. The standard InChI is InChI=1S/C20H21F3/c1-2-3-4-13-5-9-16(19(22)11-13)15-7-6-14-8-10-18(21)20(23)17(14)12-15/h5,8-11,15H,2-4,6-7,12H2,1H3. The third kappa shape index (κ3) is 3.29. The molecule has 23 heavy (non-hydrogen) atoms. The molecule has 3 heteroatoms. The number of unbranched alkanes of at least 4 members (excludes halogenated alkanes) is 1. The smallest absolute Gasteiger partial charge is 0.162 e. The van der Waals surface area contributed by atoms with Gasteiger partial charge in [0.25, 0.3) is 0 Å². The van der Waals surface area contributed by atoms with Crippen molar-refractivity contribution in [3.63, 3.8) is 0 Å². The van der Waals surface area contributed by atoms with Crippen molar-refractivity contribution < 1.29 is 13.2 Å². The minimum Gasteiger partial charge on any atom is -0.207 e. The number of aryl methyl sites for hydroxylation is 2. The molecule has 1 aliphatic carbocycles. The zero-order chi connectivity index (χ0) is 16.4. The van der Waals surface area contributed by atoms with Crippen LogP contribution < -0.4 is 0 Å². The first kappa shape index (κ1) is 16.1. The molecule has 0 aromatic heterocycles. The SMILES string of the molecule is CCCCc1ccc(C2CCc3ccc(F)c(F)c3C2)c(F)c1. The number of rotatable bonds is 4. The predicted molar refractivity (Wildman–Crippen MR) is 86.1 cm³/mol. The second-order valence-electron chi connectivity index (χ2n) is 6.40. The van der Waals surface area contributed by atoms with Crippen molar-refractivity contribution in [3.8, 4) is 0 Å². The van der Waals surface area contributed by atoms with E-state index in [0.29, 0.717) is 24.0 Å². The fourth-order valence-electron chi connectivity index (χ4n) is 3.47. The summed E-state index contributed by atoms with van der Waals surface area (Å²) in [5.74, 6) is -1.89. The Labute approximate surface area is 135 Å². The minimum atomic E-state index is -0.820. The lowest BCUT2D eigenvalue weighted by Crippen LogP contribution is -2.16. The molecular formula is C20H21F3. The molecule has 0 fully saturated rings. The summed E-state index contributed by atoms with van der Waals surface area (Å²) >= 11 is 0. The van der Waals surface area contributed by atoms with Gasteiger partial charge in [0.1, 0.15) is 5.82 Å². The van der Waals surface area contributed by atoms with Crippen LogP contribution in [-0.4, -0.2) is 0 Å². The summed E-state index contributed by atoms with van der Waals surface area (Å²) in [6.07, 6.45) is 4.79. The molecule has 0 saturated heterocycles. The molecule has 0 aliphatic heterocycles. The third-order valence-corrected chi connectivity index (χ3v) is 4.83. The molecule has 1 aliphatic rings. The van der Waals surface area contributed by atoms with Gasteiger partial charge in [0.15, 0.2) is 11.6 Å². The number of fused-ring (bicyclic) bond motifs is 1. The van der Waals surface area contributed by atoms with Crippen molar-refractivity contribution in [2.45, 2.75) is 51.4 Å². The third-order valence-electron chi connectivity index (χ3n) is 4.83. The van der Waals surface area contributed by atoms with Crippen LogP contribution in [0.4, 0.5) is 13.2 Å². The van der Waals surface area contributed by atoms with Gasteiger partial charge in [0.05, 0.1) is 0 Å². The first-order valence-corrected chi connectivity index (χ1v) is 8.34. The zero-order valence-corrected chi connectivity index (χ0v) is 13.3. The second kappa shape index (κ2) is 6.77. The van der Waals surface area contributed by atoms with E-state index in [1.165, 1.54) is 6.07 Å². The van der Waals surface area contributed by atoms with E-state index in [4.69, 9.17) is 0 Å². The van der Waals surface area contributed by atoms with E-state index in [0.717, 1.165) is 36.8 Å². The minimum absolute atomic E-state index is 0.0842. The Morgan fingerprint density at radius 3 is 2.61 bits per heavy atom. The lowest BCUT2D eigenvalue weighted by atomic mass is 9.79. The van der Waals surface area contributed by atoms with Crippen molar-refractivity contribution in [2.24, 2.45) is 0 Å². The van der Waals surface area contributed by atoms with Gasteiger partial charge in [-0.25, -0.2) is 13.2 Å². The van der Waals surface area contributed by atoms with Crippen LogP contribution in [0, 0.1) is 17.5 Å². The highest BCUT2D eigenvalue weighted by Gasteiger charge is 2.26. The van der Waals surface area contributed by atoms with Crippen molar-refractivity contribution in [1.29, 1.82) is 0 Å². The maximum absolute atomic E-state index is 14.4. The zero-order valence-electron chi connectivity index (χ0n) is 13.3. The van der Waals surface area contributed by atoms with Gasteiger partial charge in [0, 0.05) is 0 Å². The Bertz CT molecular complexity index is 706. The van der Waals surface area contributed by atoms with Crippen LogP contribution in [0.5, 0.6) is 0 Å². The molecule has 122 valence electrons. The topological polar surface area (TPSA) is 0 Å². The maximum atomic E-state index is 14.4. The molecule has 0 N–H and O–H groups in total. The molecule has 1 atom stereocenters. The molecule has 0 nitrogen and oxygen atoms in total. The van der Waals surface area contributed by atoms with E-state index < -0.39 is 11.6 Å². The average molecular weight is 318 g/mol. The Morgan fingerprint density at radius 1 is 1.04 bits per heavy atom. The molecule has 0 heterocycles. The number of hydrogen-bond donors (Lipinski definition) is 0. The highest BCUT2D eigenvalue weighted by Crippen LogP contribution is 2.35. The van der Waals surface area contributed by atoms with Gasteiger partial charge in [-0.15, -0.1) is 0 Å². The maximum Gasteiger partial charge on any atom is 0.162 e. The number of benzene rings is 2. The molecule has 3 rings (SSSR count). The lowest BCUT2D eigenvalue weighted by molar-refractivity contribution is 0.470. The monoisotopic (exact) mass is 318 g/mol. The summed E-state index contributed by atoms with van der Waals surface area (Å²) in [6.45, 7) is 2.11. The summed E-state index contributed by atoms with van der Waals surface area (Å²) < 4.78 is 41.9. The van der Waals surface area contributed by atoms with Crippen LogP contribution in [0.25, 0.3) is 0 Å². The van der Waals surface area contributed by atoms with Gasteiger partial charge in [-0.2, -0.15) is 0 Å². The molecule has 0 radical (unpaired) electrons. The van der Waals surface area contributed by atoms with Gasteiger partial charge in [-0.05, 0) is 72.4 Å². The van der Waals surface area contributed by atoms with Gasteiger partial charge in [0.2, 0.25) is 0 Å². The van der Waals surface area contributed by atoms with Crippen LogP contribution in [0.3, 0.4) is 0 Å². The van der Waals surface area contributed by atoms with E-state index >= 15 is 0 Å². The Kier molecular flexibility index (Phi) is 4.74. The summed E-state index contributed by atoms with van der Waals surface area (Å²) in [6, 6.07) is 8.22.